The van der Waals surface area contributed by atoms with Crippen LogP contribution in [0, 0.1) is 5.92 Å². The molecule has 3 N–H and O–H groups in total. The molecular formula is C17H19N3O4. The van der Waals surface area contributed by atoms with Crippen LogP contribution in [-0.4, -0.2) is 41.9 Å². The molecule has 1 fully saturated rings. The van der Waals surface area contributed by atoms with E-state index in [2.05, 4.69) is 4.98 Å². The number of likely N-dealkylation sites (tertiary alicyclic amines) is 1. The van der Waals surface area contributed by atoms with Crippen molar-refractivity contribution in [2.45, 2.75) is 12.8 Å². The highest BCUT2D eigenvalue weighted by Gasteiger charge is 2.28. The Kier molecular flexibility index (Phi) is 4.24. The molecule has 0 bridgehead atoms. The van der Waals surface area contributed by atoms with Gasteiger partial charge < -0.3 is 20.4 Å². The number of carbonyl (C=O) groups excluding carboxylic acids is 2. The van der Waals surface area contributed by atoms with Crippen molar-refractivity contribution in [1.29, 1.82) is 0 Å². The van der Waals surface area contributed by atoms with Gasteiger partial charge in [-0.2, -0.15) is 0 Å². The second kappa shape index (κ2) is 6.35. The summed E-state index contributed by atoms with van der Waals surface area (Å²) in [5, 5.41) is 0.409. The lowest BCUT2D eigenvalue weighted by Crippen LogP contribution is -2.43. The molecule has 0 saturated carbocycles. The molecule has 0 atom stereocenters. The molecule has 2 aromatic rings. The molecule has 2 heterocycles. The minimum atomic E-state index is -0.335. The van der Waals surface area contributed by atoms with Crippen molar-refractivity contribution in [1.82, 2.24) is 9.88 Å². The molecule has 1 saturated heterocycles. The monoisotopic (exact) mass is 329 g/mol. The molecule has 24 heavy (non-hydrogen) atoms. The largest absolute Gasteiger partial charge is 0.495 e. The van der Waals surface area contributed by atoms with Crippen molar-refractivity contribution >= 4 is 22.7 Å². The van der Waals surface area contributed by atoms with Gasteiger partial charge in [-0.1, -0.05) is 6.07 Å². The first-order valence-corrected chi connectivity index (χ1v) is 7.80. The zero-order valence-corrected chi connectivity index (χ0v) is 13.4. The fraction of sp³-hybridized carbons (Fsp3) is 0.353. The third kappa shape index (κ3) is 2.73. The number of aromatic amines is 1. The molecule has 2 amide bonds. The maximum atomic E-state index is 12.7. The van der Waals surface area contributed by atoms with Crippen LogP contribution in [0.15, 0.2) is 29.2 Å². The number of nitrogens with zero attached hydrogens (tertiary/aromatic N) is 1. The number of para-hydroxylation sites is 1. The summed E-state index contributed by atoms with van der Waals surface area (Å²) in [6.45, 7) is 0.837. The topological polar surface area (TPSA) is 105 Å². The van der Waals surface area contributed by atoms with Crippen LogP contribution >= 0.6 is 0 Å². The van der Waals surface area contributed by atoms with Gasteiger partial charge in [0.25, 0.3) is 5.91 Å². The Labute approximate surface area is 138 Å². The SMILES string of the molecule is COc1cccc2c(=O)c(C(=O)N3CCC(C(N)=O)CC3)c[nH]c12. The van der Waals surface area contributed by atoms with Crippen LogP contribution in [0.1, 0.15) is 23.2 Å². The second-order valence-corrected chi connectivity index (χ2v) is 5.88. The van der Waals surface area contributed by atoms with Crippen molar-refractivity contribution in [3.8, 4) is 5.75 Å². The number of aromatic nitrogens is 1. The number of carbonyl (C=O) groups is 2. The number of nitrogens with one attached hydrogen (secondary N) is 1. The number of nitrogens with two attached hydrogens (primary N) is 1. The number of hydrogen-bond donors (Lipinski definition) is 2. The highest BCUT2D eigenvalue weighted by atomic mass is 16.5. The summed E-state index contributed by atoms with van der Waals surface area (Å²) < 4.78 is 5.22. The quantitative estimate of drug-likeness (QED) is 0.871. The number of benzene rings is 1. The summed E-state index contributed by atoms with van der Waals surface area (Å²) in [5.41, 5.74) is 5.63. The molecule has 1 aliphatic rings. The Balaban J connectivity index is 1.90. The van der Waals surface area contributed by atoms with Gasteiger partial charge in [-0.25, -0.2) is 0 Å². The standard InChI is InChI=1S/C17H19N3O4/c1-24-13-4-2-3-11-14(13)19-9-12(15(11)21)17(23)20-7-5-10(6-8-20)16(18)22/h2-4,9-10H,5-8H2,1H3,(H2,18,22)(H,19,21). The molecule has 1 aromatic heterocycles. The number of pyridine rings is 1. The highest BCUT2D eigenvalue weighted by molar-refractivity contribution is 5.98. The van der Waals surface area contributed by atoms with Crippen LogP contribution < -0.4 is 15.9 Å². The van der Waals surface area contributed by atoms with Gasteiger partial charge in [0.1, 0.15) is 11.3 Å². The Morgan fingerprint density at radius 3 is 2.62 bits per heavy atom. The van der Waals surface area contributed by atoms with Crippen molar-refractivity contribution in [2.75, 3.05) is 20.2 Å². The summed E-state index contributed by atoms with van der Waals surface area (Å²) in [6.07, 6.45) is 2.48. The summed E-state index contributed by atoms with van der Waals surface area (Å²) in [4.78, 5) is 41.1. The average Bonchev–Trinajstić information content (AvgIpc) is 2.61. The maximum absolute atomic E-state index is 12.7. The van der Waals surface area contributed by atoms with E-state index in [4.69, 9.17) is 10.5 Å². The summed E-state index contributed by atoms with van der Waals surface area (Å²) in [5.74, 6) is -0.319. The van der Waals surface area contributed by atoms with Gasteiger partial charge in [0.05, 0.1) is 18.0 Å². The van der Waals surface area contributed by atoms with Crippen molar-refractivity contribution in [2.24, 2.45) is 11.7 Å². The molecule has 0 aliphatic carbocycles. The first-order valence-electron chi connectivity index (χ1n) is 7.80. The van der Waals surface area contributed by atoms with Gasteiger partial charge in [0, 0.05) is 25.2 Å². The predicted molar refractivity (Wildman–Crippen MR) is 88.9 cm³/mol. The normalized spacial score (nSPS) is 15.5. The van der Waals surface area contributed by atoms with Gasteiger partial charge >= 0.3 is 0 Å². The van der Waals surface area contributed by atoms with E-state index in [0.717, 1.165) is 0 Å². The molecule has 7 heteroatoms. The molecule has 1 aromatic carbocycles. The van der Waals surface area contributed by atoms with Crippen LogP contribution in [0.2, 0.25) is 0 Å². The smallest absolute Gasteiger partial charge is 0.259 e. The number of piperidine rings is 1. The molecule has 7 nitrogen and oxygen atoms in total. The van der Waals surface area contributed by atoms with Crippen molar-refractivity contribution < 1.29 is 14.3 Å². The summed E-state index contributed by atoms with van der Waals surface area (Å²) >= 11 is 0. The fourth-order valence-corrected chi connectivity index (χ4v) is 3.09. The fourth-order valence-electron chi connectivity index (χ4n) is 3.09. The van der Waals surface area contributed by atoms with Crippen LogP contribution in [0.25, 0.3) is 10.9 Å². The number of rotatable bonds is 3. The zero-order chi connectivity index (χ0) is 17.3. The third-order valence-corrected chi connectivity index (χ3v) is 4.51. The molecule has 126 valence electrons. The molecular weight excluding hydrogens is 310 g/mol. The van der Waals surface area contributed by atoms with Gasteiger partial charge in [-0.3, -0.25) is 14.4 Å². The molecule has 1 aliphatic heterocycles. The number of methoxy groups -OCH3 is 1. The lowest BCUT2D eigenvalue weighted by molar-refractivity contribution is -0.123. The van der Waals surface area contributed by atoms with Gasteiger partial charge in [-0.05, 0) is 25.0 Å². The third-order valence-electron chi connectivity index (χ3n) is 4.51. The Hall–Kier alpha value is -2.83. The highest BCUT2D eigenvalue weighted by Crippen LogP contribution is 2.22. The summed E-state index contributed by atoms with van der Waals surface area (Å²) in [6, 6.07) is 5.12. The molecule has 0 radical (unpaired) electrons. The van der Waals surface area contributed by atoms with E-state index in [0.29, 0.717) is 42.6 Å². The molecule has 0 unspecified atom stereocenters. The van der Waals surface area contributed by atoms with E-state index in [-0.39, 0.29) is 28.7 Å². The number of H-pyrrole nitrogens is 1. The Morgan fingerprint density at radius 2 is 2.00 bits per heavy atom. The van der Waals surface area contributed by atoms with Crippen molar-refractivity contribution in [3.63, 3.8) is 0 Å². The first kappa shape index (κ1) is 16.0. The predicted octanol–water partition coefficient (Wildman–Crippen LogP) is 0.874. The number of hydrogen-bond acceptors (Lipinski definition) is 4. The van der Waals surface area contributed by atoms with E-state index < -0.39 is 0 Å². The van der Waals surface area contributed by atoms with E-state index in [1.54, 1.807) is 23.1 Å². The Bertz CT molecular complexity index is 851. The average molecular weight is 329 g/mol. The van der Waals surface area contributed by atoms with Gasteiger partial charge in [0.2, 0.25) is 11.3 Å². The number of ether oxygens (including phenoxy) is 1. The maximum Gasteiger partial charge on any atom is 0.259 e. The van der Waals surface area contributed by atoms with Crippen LogP contribution in [-0.2, 0) is 4.79 Å². The lowest BCUT2D eigenvalue weighted by Gasteiger charge is -2.30. The number of fused-ring (bicyclic) bond motifs is 1. The van der Waals surface area contributed by atoms with E-state index >= 15 is 0 Å². The second-order valence-electron chi connectivity index (χ2n) is 5.88. The Morgan fingerprint density at radius 1 is 1.29 bits per heavy atom. The van der Waals surface area contributed by atoms with E-state index in [1.807, 2.05) is 0 Å². The molecule has 0 spiro atoms. The van der Waals surface area contributed by atoms with E-state index in [9.17, 15) is 14.4 Å². The molecule has 3 rings (SSSR count). The number of amides is 2. The van der Waals surface area contributed by atoms with Crippen LogP contribution in [0.5, 0.6) is 5.75 Å². The lowest BCUT2D eigenvalue weighted by atomic mass is 9.96. The van der Waals surface area contributed by atoms with Crippen LogP contribution in [0.4, 0.5) is 0 Å². The first-order chi connectivity index (χ1) is 11.5. The van der Waals surface area contributed by atoms with Crippen LogP contribution in [0.3, 0.4) is 0 Å². The zero-order valence-electron chi connectivity index (χ0n) is 13.4. The van der Waals surface area contributed by atoms with Gasteiger partial charge in [0.15, 0.2) is 0 Å². The van der Waals surface area contributed by atoms with E-state index in [1.165, 1.54) is 13.3 Å². The van der Waals surface area contributed by atoms with Crippen molar-refractivity contribution in [3.05, 3.63) is 40.2 Å². The minimum absolute atomic E-state index is 0.0910. The minimum Gasteiger partial charge on any atom is -0.495 e. The number of primary amides is 1. The van der Waals surface area contributed by atoms with Gasteiger partial charge in [-0.15, -0.1) is 0 Å². The summed E-state index contributed by atoms with van der Waals surface area (Å²) in [7, 11) is 1.52.